The monoisotopic (exact) mass is 554 g/mol. The maximum Gasteiger partial charge on any atom is 0.304 e. The van der Waals surface area contributed by atoms with E-state index in [1.165, 1.54) is 19.0 Å². The molecule has 2 aromatic rings. The van der Waals surface area contributed by atoms with Crippen LogP contribution in [-0.2, 0) is 26.3 Å². The fourth-order valence-corrected chi connectivity index (χ4v) is 5.50. The number of benzene rings is 2. The number of halogens is 2. The van der Waals surface area contributed by atoms with Crippen LogP contribution in [0.4, 0.5) is 5.69 Å². The minimum Gasteiger partial charge on any atom is -0.352 e. The Morgan fingerprint density at radius 3 is 2.25 bits per heavy atom. The molecule has 2 aromatic carbocycles. The molecule has 1 aliphatic rings. The Labute approximate surface area is 223 Å². The van der Waals surface area contributed by atoms with Crippen LogP contribution in [0.3, 0.4) is 0 Å². The van der Waals surface area contributed by atoms with E-state index in [0.717, 1.165) is 34.3 Å². The molecule has 0 aliphatic heterocycles. The molecular formula is C25H32Cl2N4O4S. The van der Waals surface area contributed by atoms with E-state index >= 15 is 0 Å². The largest absolute Gasteiger partial charge is 0.352 e. The van der Waals surface area contributed by atoms with Crippen molar-refractivity contribution in [3.05, 3.63) is 64.1 Å². The second-order valence-corrected chi connectivity index (χ2v) is 11.9. The summed E-state index contributed by atoms with van der Waals surface area (Å²) in [7, 11) is -1.18. The SMILES string of the molecule is CC(C(=O)NC1CCCC1)N(Cc1ccc(Cl)c(Cl)c1)C(=O)CN(c1ccccc1)S(=O)(=O)N(C)C. The van der Waals surface area contributed by atoms with Crippen LogP contribution in [0.5, 0.6) is 0 Å². The topological polar surface area (TPSA) is 90.0 Å². The van der Waals surface area contributed by atoms with Crippen LogP contribution in [0.15, 0.2) is 48.5 Å². The van der Waals surface area contributed by atoms with Gasteiger partial charge >= 0.3 is 10.2 Å². The van der Waals surface area contributed by atoms with Gasteiger partial charge in [-0.2, -0.15) is 12.7 Å². The maximum atomic E-state index is 13.7. The molecule has 196 valence electrons. The van der Waals surface area contributed by atoms with Gasteiger partial charge in [-0.3, -0.25) is 9.59 Å². The smallest absolute Gasteiger partial charge is 0.304 e. The van der Waals surface area contributed by atoms with Gasteiger partial charge in [0.05, 0.1) is 15.7 Å². The minimum absolute atomic E-state index is 0.0552. The summed E-state index contributed by atoms with van der Waals surface area (Å²) in [6.07, 6.45) is 3.92. The molecular weight excluding hydrogens is 523 g/mol. The summed E-state index contributed by atoms with van der Waals surface area (Å²) in [6.45, 7) is 1.22. The van der Waals surface area contributed by atoms with Crippen molar-refractivity contribution in [2.75, 3.05) is 24.9 Å². The van der Waals surface area contributed by atoms with E-state index in [1.807, 2.05) is 0 Å². The zero-order valence-electron chi connectivity index (χ0n) is 20.7. The molecule has 1 saturated carbocycles. The van der Waals surface area contributed by atoms with Crippen molar-refractivity contribution in [3.63, 3.8) is 0 Å². The van der Waals surface area contributed by atoms with Gasteiger partial charge in [0, 0.05) is 26.7 Å². The van der Waals surface area contributed by atoms with Crippen LogP contribution in [0.25, 0.3) is 0 Å². The van der Waals surface area contributed by atoms with Crippen LogP contribution in [0, 0.1) is 0 Å². The predicted octanol–water partition coefficient (Wildman–Crippen LogP) is 4.08. The fourth-order valence-electron chi connectivity index (χ4n) is 4.12. The van der Waals surface area contributed by atoms with Gasteiger partial charge in [0.1, 0.15) is 12.6 Å². The average Bonchev–Trinajstić information content (AvgIpc) is 3.36. The average molecular weight is 556 g/mol. The zero-order valence-corrected chi connectivity index (χ0v) is 23.0. The highest BCUT2D eigenvalue weighted by molar-refractivity contribution is 7.90. The van der Waals surface area contributed by atoms with E-state index in [2.05, 4.69) is 5.32 Å². The Morgan fingerprint density at radius 1 is 1.03 bits per heavy atom. The Morgan fingerprint density at radius 2 is 1.67 bits per heavy atom. The third kappa shape index (κ3) is 6.91. The molecule has 3 rings (SSSR count). The summed E-state index contributed by atoms with van der Waals surface area (Å²) in [5, 5.41) is 3.73. The molecule has 2 amide bonds. The zero-order chi connectivity index (χ0) is 26.5. The van der Waals surface area contributed by atoms with Crippen molar-refractivity contribution in [1.29, 1.82) is 0 Å². The van der Waals surface area contributed by atoms with Gasteiger partial charge in [-0.05, 0) is 49.6 Å². The first-order valence-corrected chi connectivity index (χ1v) is 13.9. The van der Waals surface area contributed by atoms with Crippen LogP contribution in [0.2, 0.25) is 10.0 Å². The molecule has 1 atom stereocenters. The second-order valence-electron chi connectivity index (χ2n) is 9.07. The van der Waals surface area contributed by atoms with Crippen molar-refractivity contribution in [2.24, 2.45) is 0 Å². The molecule has 0 bridgehead atoms. The van der Waals surface area contributed by atoms with Crippen LogP contribution in [0.1, 0.15) is 38.2 Å². The summed E-state index contributed by atoms with van der Waals surface area (Å²) < 4.78 is 28.4. The molecule has 1 unspecified atom stereocenters. The molecule has 0 saturated heterocycles. The normalized spacial score (nSPS) is 15.1. The quantitative estimate of drug-likeness (QED) is 0.479. The van der Waals surface area contributed by atoms with Crippen molar-refractivity contribution in [2.45, 2.75) is 51.2 Å². The van der Waals surface area contributed by atoms with Crippen LogP contribution < -0.4 is 9.62 Å². The summed E-state index contributed by atoms with van der Waals surface area (Å²) in [5.41, 5.74) is 1.01. The first kappa shape index (κ1) is 28.2. The summed E-state index contributed by atoms with van der Waals surface area (Å²) in [5.74, 6) is -0.804. The molecule has 8 nitrogen and oxygen atoms in total. The molecule has 36 heavy (non-hydrogen) atoms. The summed E-state index contributed by atoms with van der Waals surface area (Å²) >= 11 is 12.2. The van der Waals surface area contributed by atoms with E-state index in [0.29, 0.717) is 21.3 Å². The second kappa shape index (κ2) is 12.3. The lowest BCUT2D eigenvalue weighted by molar-refractivity contribution is -0.139. The Balaban J connectivity index is 1.92. The number of para-hydroxylation sites is 1. The Hall–Kier alpha value is -2.33. The molecule has 0 heterocycles. The Kier molecular flexibility index (Phi) is 9.63. The number of rotatable bonds is 10. The van der Waals surface area contributed by atoms with Crippen LogP contribution >= 0.6 is 23.2 Å². The van der Waals surface area contributed by atoms with Gasteiger partial charge in [0.25, 0.3) is 0 Å². The van der Waals surface area contributed by atoms with Gasteiger partial charge in [-0.1, -0.05) is 60.3 Å². The highest BCUT2D eigenvalue weighted by atomic mass is 35.5. The van der Waals surface area contributed by atoms with Crippen molar-refractivity contribution < 1.29 is 18.0 Å². The molecule has 1 aliphatic carbocycles. The number of hydrogen-bond donors (Lipinski definition) is 1. The van der Waals surface area contributed by atoms with E-state index in [-0.39, 0.29) is 18.5 Å². The molecule has 1 N–H and O–H groups in total. The van der Waals surface area contributed by atoms with Crippen LogP contribution in [-0.4, -0.2) is 62.2 Å². The van der Waals surface area contributed by atoms with E-state index in [9.17, 15) is 18.0 Å². The highest BCUT2D eigenvalue weighted by Gasteiger charge is 2.33. The predicted molar refractivity (Wildman–Crippen MR) is 143 cm³/mol. The van der Waals surface area contributed by atoms with Gasteiger partial charge in [0.2, 0.25) is 11.8 Å². The lowest BCUT2D eigenvalue weighted by atomic mass is 10.1. The minimum atomic E-state index is -3.99. The number of amides is 2. The van der Waals surface area contributed by atoms with Crippen molar-refractivity contribution in [1.82, 2.24) is 14.5 Å². The maximum absolute atomic E-state index is 13.7. The molecule has 0 spiro atoms. The summed E-state index contributed by atoms with van der Waals surface area (Å²) in [4.78, 5) is 28.2. The molecule has 1 fully saturated rings. The standard InChI is InChI=1S/C25H32Cl2N4O4S/c1-18(25(33)28-20-9-7-8-10-20)30(16-19-13-14-22(26)23(27)15-19)24(32)17-31(36(34,35)29(2)3)21-11-5-4-6-12-21/h4-6,11-15,18,20H,7-10,16-17H2,1-3H3,(H,28,33). The fraction of sp³-hybridized carbons (Fsp3) is 0.440. The molecule has 0 aromatic heterocycles. The highest BCUT2D eigenvalue weighted by Crippen LogP contribution is 2.25. The van der Waals surface area contributed by atoms with Gasteiger partial charge in [0.15, 0.2) is 0 Å². The van der Waals surface area contributed by atoms with Crippen molar-refractivity contribution >= 4 is 50.9 Å². The third-order valence-corrected chi connectivity index (χ3v) is 8.83. The first-order chi connectivity index (χ1) is 17.0. The third-order valence-electron chi connectivity index (χ3n) is 6.27. The molecule has 0 radical (unpaired) electrons. The van der Waals surface area contributed by atoms with E-state index in [4.69, 9.17) is 23.2 Å². The number of carbonyl (C=O) groups is 2. The van der Waals surface area contributed by atoms with Crippen molar-refractivity contribution in [3.8, 4) is 0 Å². The molecule has 11 heteroatoms. The summed E-state index contributed by atoms with van der Waals surface area (Å²) in [6, 6.07) is 12.6. The number of hydrogen-bond acceptors (Lipinski definition) is 4. The van der Waals surface area contributed by atoms with E-state index in [1.54, 1.807) is 55.5 Å². The van der Waals surface area contributed by atoms with Gasteiger partial charge < -0.3 is 10.2 Å². The van der Waals surface area contributed by atoms with Gasteiger partial charge in [-0.25, -0.2) is 4.31 Å². The Bertz CT molecular complexity index is 1170. The number of carbonyl (C=O) groups excluding carboxylic acids is 2. The first-order valence-electron chi connectivity index (χ1n) is 11.8. The number of nitrogens with one attached hydrogen (secondary N) is 1. The lowest BCUT2D eigenvalue weighted by Gasteiger charge is -2.33. The van der Waals surface area contributed by atoms with Gasteiger partial charge in [-0.15, -0.1) is 0 Å². The number of nitrogens with zero attached hydrogens (tertiary/aromatic N) is 3. The lowest BCUT2D eigenvalue weighted by Crippen LogP contribution is -2.53. The van der Waals surface area contributed by atoms with E-state index < -0.39 is 28.7 Å². The number of anilines is 1.